The summed E-state index contributed by atoms with van der Waals surface area (Å²) in [5.74, 6) is 0.519. The maximum Gasteiger partial charge on any atom is 0.410 e. The highest BCUT2D eigenvalue weighted by molar-refractivity contribution is 5.69. The predicted octanol–water partition coefficient (Wildman–Crippen LogP) is 1.86. The molecule has 2 fully saturated rings. The Balaban J connectivity index is 1.48. The van der Waals surface area contributed by atoms with Crippen molar-refractivity contribution in [2.24, 2.45) is 11.8 Å². The molecule has 21 heavy (non-hydrogen) atoms. The average Bonchev–Trinajstić information content (AvgIpc) is 2.98. The number of nitrogens with zero attached hydrogens (tertiary/aromatic N) is 2. The Morgan fingerprint density at radius 3 is 2.48 bits per heavy atom. The third-order valence-corrected chi connectivity index (χ3v) is 4.36. The molecular formula is C15H18N2O4. The molecule has 1 aliphatic heterocycles. The first-order chi connectivity index (χ1) is 10.1. The number of amides is 2. The Bertz CT molecular complexity index is 536. The molecule has 0 aromatic heterocycles. The molecule has 1 aromatic carbocycles. The lowest BCUT2D eigenvalue weighted by atomic mass is 10.2. The van der Waals surface area contributed by atoms with Gasteiger partial charge in [-0.1, -0.05) is 30.3 Å². The number of hydrogen-bond acceptors (Lipinski definition) is 3. The fourth-order valence-corrected chi connectivity index (χ4v) is 3.17. The summed E-state index contributed by atoms with van der Waals surface area (Å²) in [5, 5.41) is 8.92. The monoisotopic (exact) mass is 290 g/mol. The van der Waals surface area contributed by atoms with Crippen LogP contribution in [0.4, 0.5) is 9.59 Å². The minimum absolute atomic E-state index is 0.115. The van der Waals surface area contributed by atoms with Crippen molar-refractivity contribution in [1.82, 2.24) is 9.80 Å². The van der Waals surface area contributed by atoms with E-state index in [9.17, 15) is 9.59 Å². The van der Waals surface area contributed by atoms with Gasteiger partial charge in [-0.2, -0.15) is 0 Å². The zero-order valence-electron chi connectivity index (χ0n) is 11.8. The number of rotatable bonds is 3. The summed E-state index contributed by atoms with van der Waals surface area (Å²) in [5.41, 5.74) is 0.951. The Hall–Kier alpha value is -2.24. The predicted molar refractivity (Wildman–Crippen MR) is 74.8 cm³/mol. The molecule has 2 unspecified atom stereocenters. The summed E-state index contributed by atoms with van der Waals surface area (Å²) in [7, 11) is 1.72. The largest absolute Gasteiger partial charge is 0.465 e. The van der Waals surface area contributed by atoms with Gasteiger partial charge in [0.15, 0.2) is 0 Å². The molecule has 2 aliphatic rings. The highest BCUT2D eigenvalue weighted by Crippen LogP contribution is 2.48. The Morgan fingerprint density at radius 1 is 1.29 bits per heavy atom. The fraction of sp³-hybridized carbons (Fsp3) is 0.467. The molecule has 2 atom stereocenters. The number of piperidine rings is 1. The van der Waals surface area contributed by atoms with E-state index in [-0.39, 0.29) is 30.6 Å². The van der Waals surface area contributed by atoms with Crippen molar-refractivity contribution in [3.8, 4) is 0 Å². The van der Waals surface area contributed by atoms with Gasteiger partial charge in [0, 0.05) is 38.0 Å². The van der Waals surface area contributed by atoms with Gasteiger partial charge in [-0.3, -0.25) is 0 Å². The molecule has 2 amide bonds. The van der Waals surface area contributed by atoms with E-state index in [0.717, 1.165) is 5.56 Å². The van der Waals surface area contributed by atoms with Gasteiger partial charge >= 0.3 is 12.2 Å². The van der Waals surface area contributed by atoms with Crippen LogP contribution >= 0.6 is 0 Å². The molecule has 1 N–H and O–H groups in total. The Kier molecular flexibility index (Phi) is 3.45. The van der Waals surface area contributed by atoms with E-state index < -0.39 is 6.09 Å². The highest BCUT2D eigenvalue weighted by atomic mass is 16.6. The van der Waals surface area contributed by atoms with Crippen LogP contribution in [0.2, 0.25) is 0 Å². The minimum Gasteiger partial charge on any atom is -0.465 e. The molecule has 1 aromatic rings. The van der Waals surface area contributed by atoms with E-state index in [1.807, 2.05) is 30.3 Å². The molecular weight excluding hydrogens is 272 g/mol. The van der Waals surface area contributed by atoms with Crippen molar-refractivity contribution in [2.45, 2.75) is 12.6 Å². The van der Waals surface area contributed by atoms with Crippen molar-refractivity contribution in [3.63, 3.8) is 0 Å². The van der Waals surface area contributed by atoms with E-state index >= 15 is 0 Å². The molecule has 1 heterocycles. The minimum atomic E-state index is -0.879. The van der Waals surface area contributed by atoms with Crippen molar-refractivity contribution in [1.29, 1.82) is 0 Å². The zero-order valence-corrected chi connectivity index (χ0v) is 11.8. The number of benzene rings is 1. The smallest absolute Gasteiger partial charge is 0.410 e. The first-order valence-electron chi connectivity index (χ1n) is 6.99. The zero-order chi connectivity index (χ0) is 15.0. The van der Waals surface area contributed by atoms with Crippen LogP contribution < -0.4 is 0 Å². The van der Waals surface area contributed by atoms with Crippen LogP contribution in [0, 0.1) is 11.8 Å². The summed E-state index contributed by atoms with van der Waals surface area (Å²) in [4.78, 5) is 25.9. The van der Waals surface area contributed by atoms with Crippen LogP contribution in [0.3, 0.4) is 0 Å². The van der Waals surface area contributed by atoms with E-state index in [4.69, 9.17) is 9.84 Å². The third kappa shape index (κ3) is 2.66. The van der Waals surface area contributed by atoms with Gasteiger partial charge in [-0.05, 0) is 5.56 Å². The normalized spacial score (nSPS) is 26.1. The highest BCUT2D eigenvalue weighted by Gasteiger charge is 2.59. The van der Waals surface area contributed by atoms with Crippen LogP contribution in [0.25, 0.3) is 0 Å². The van der Waals surface area contributed by atoms with E-state index in [1.54, 1.807) is 11.9 Å². The van der Waals surface area contributed by atoms with Crippen molar-refractivity contribution in [3.05, 3.63) is 35.9 Å². The lowest BCUT2D eigenvalue weighted by Crippen LogP contribution is -2.38. The average molecular weight is 290 g/mol. The number of carbonyl (C=O) groups excluding carboxylic acids is 1. The maximum absolute atomic E-state index is 12.0. The number of ether oxygens (including phenoxy) is 1. The third-order valence-electron chi connectivity index (χ3n) is 4.36. The molecule has 3 rings (SSSR count). The van der Waals surface area contributed by atoms with Crippen LogP contribution in [0.1, 0.15) is 5.56 Å². The molecule has 6 heteroatoms. The second kappa shape index (κ2) is 5.27. The standard InChI is InChI=1S/C15H18N2O4/c1-16(13-11-7-17(14(18)19)8-12(11)13)15(20)21-9-10-5-3-2-4-6-10/h2-6,11-13H,7-9H2,1H3,(H,18,19). The molecule has 112 valence electrons. The van der Waals surface area contributed by atoms with E-state index in [0.29, 0.717) is 13.1 Å². The number of fused-ring (bicyclic) bond motifs is 1. The molecule has 0 spiro atoms. The Labute approximate surface area is 122 Å². The number of likely N-dealkylation sites (tertiary alicyclic amines) is 1. The molecule has 1 saturated heterocycles. The second-order valence-corrected chi connectivity index (χ2v) is 5.66. The summed E-state index contributed by atoms with van der Waals surface area (Å²) in [6.45, 7) is 1.29. The molecule has 6 nitrogen and oxygen atoms in total. The number of carboxylic acid groups (broad SMARTS) is 1. The molecule has 0 bridgehead atoms. The van der Waals surface area contributed by atoms with Gasteiger partial charge < -0.3 is 19.6 Å². The summed E-state index contributed by atoms with van der Waals surface area (Å²) < 4.78 is 5.29. The lowest BCUT2D eigenvalue weighted by molar-refractivity contribution is 0.0954. The van der Waals surface area contributed by atoms with Crippen molar-refractivity contribution < 1.29 is 19.4 Å². The maximum atomic E-state index is 12.0. The summed E-state index contributed by atoms with van der Waals surface area (Å²) in [6, 6.07) is 9.64. The second-order valence-electron chi connectivity index (χ2n) is 5.66. The van der Waals surface area contributed by atoms with E-state index in [1.165, 1.54) is 4.90 Å². The quantitative estimate of drug-likeness (QED) is 0.922. The summed E-state index contributed by atoms with van der Waals surface area (Å²) in [6.07, 6.45) is -1.23. The van der Waals surface area contributed by atoms with Gasteiger partial charge in [0.1, 0.15) is 6.61 Å². The fourth-order valence-electron chi connectivity index (χ4n) is 3.17. The first-order valence-corrected chi connectivity index (χ1v) is 6.99. The van der Waals surface area contributed by atoms with E-state index in [2.05, 4.69) is 0 Å². The summed E-state index contributed by atoms with van der Waals surface area (Å²) >= 11 is 0. The van der Waals surface area contributed by atoms with Crippen LogP contribution in [0.15, 0.2) is 30.3 Å². The molecule has 0 radical (unpaired) electrons. The van der Waals surface area contributed by atoms with Gasteiger partial charge in [0.05, 0.1) is 0 Å². The van der Waals surface area contributed by atoms with Gasteiger partial charge in [0.2, 0.25) is 0 Å². The van der Waals surface area contributed by atoms with Crippen LogP contribution in [-0.4, -0.2) is 53.3 Å². The molecule has 1 aliphatic carbocycles. The van der Waals surface area contributed by atoms with Gasteiger partial charge in [-0.25, -0.2) is 9.59 Å². The Morgan fingerprint density at radius 2 is 1.90 bits per heavy atom. The topological polar surface area (TPSA) is 70.1 Å². The lowest BCUT2D eigenvalue weighted by Gasteiger charge is -2.22. The van der Waals surface area contributed by atoms with Gasteiger partial charge in [0.25, 0.3) is 0 Å². The number of hydrogen-bond donors (Lipinski definition) is 1. The van der Waals surface area contributed by atoms with Crippen LogP contribution in [-0.2, 0) is 11.3 Å². The van der Waals surface area contributed by atoms with Crippen molar-refractivity contribution in [2.75, 3.05) is 20.1 Å². The van der Waals surface area contributed by atoms with Gasteiger partial charge in [-0.15, -0.1) is 0 Å². The SMILES string of the molecule is CN(C(=O)OCc1ccccc1)C1C2CN(C(=O)O)CC21. The van der Waals surface area contributed by atoms with Crippen molar-refractivity contribution >= 4 is 12.2 Å². The molecule has 1 saturated carbocycles. The number of carbonyl (C=O) groups is 2. The first kappa shape index (κ1) is 13.7. The van der Waals surface area contributed by atoms with Crippen LogP contribution in [0.5, 0.6) is 0 Å².